The number of aliphatic hydroxyl groups is 1. The van der Waals surface area contributed by atoms with Crippen molar-refractivity contribution in [3.63, 3.8) is 0 Å². The number of amides is 2. The van der Waals surface area contributed by atoms with Crippen LogP contribution in [0, 0.1) is 5.92 Å². The number of benzene rings is 1. The van der Waals surface area contributed by atoms with E-state index in [1.54, 1.807) is 9.80 Å². The molecule has 0 saturated carbocycles. The topological polar surface area (TPSA) is 73.3 Å². The number of carbonyl (C=O) groups is 2. The van der Waals surface area contributed by atoms with Crippen molar-refractivity contribution in [3.05, 3.63) is 29.8 Å². The first kappa shape index (κ1) is 19.6. The molecule has 1 N–H and O–H groups in total. The summed E-state index contributed by atoms with van der Waals surface area (Å²) in [5, 5.41) is 11.0. The summed E-state index contributed by atoms with van der Waals surface area (Å²) < 4.78 is 4.94. The SMILES string of the molecule is COCC(=O)N1CCC2(O)CCN(C(=O)c3cccc(N(C)C)c3)CC2C1. The van der Waals surface area contributed by atoms with E-state index in [0.717, 1.165) is 5.69 Å². The summed E-state index contributed by atoms with van der Waals surface area (Å²) in [5.41, 5.74) is 0.824. The minimum absolute atomic E-state index is 0.0268. The van der Waals surface area contributed by atoms with Gasteiger partial charge in [-0.2, -0.15) is 0 Å². The van der Waals surface area contributed by atoms with Gasteiger partial charge in [-0.3, -0.25) is 9.59 Å². The molecule has 148 valence electrons. The molecule has 2 saturated heterocycles. The summed E-state index contributed by atoms with van der Waals surface area (Å²) in [6, 6.07) is 7.56. The average Bonchev–Trinajstić information content (AvgIpc) is 2.66. The van der Waals surface area contributed by atoms with Crippen LogP contribution in [0.3, 0.4) is 0 Å². The lowest BCUT2D eigenvalue weighted by atomic mass is 9.75. The Kier molecular flexibility index (Phi) is 5.72. The van der Waals surface area contributed by atoms with Crippen molar-refractivity contribution in [1.82, 2.24) is 9.80 Å². The third-order valence-electron chi connectivity index (χ3n) is 5.79. The smallest absolute Gasteiger partial charge is 0.253 e. The van der Waals surface area contributed by atoms with Crippen LogP contribution in [0.25, 0.3) is 0 Å². The van der Waals surface area contributed by atoms with E-state index in [9.17, 15) is 14.7 Å². The summed E-state index contributed by atoms with van der Waals surface area (Å²) in [6.07, 6.45) is 1.09. The molecule has 27 heavy (non-hydrogen) atoms. The molecule has 7 heteroatoms. The Hall–Kier alpha value is -2.12. The standard InChI is InChI=1S/C20H29N3O4/c1-21(2)17-6-4-5-15(11-17)19(25)23-10-8-20(26)7-9-22(12-16(20)13-23)18(24)14-27-3/h4-6,11,16,26H,7-10,12-14H2,1-3H3. The second-order valence-corrected chi connectivity index (χ2v) is 7.77. The predicted molar refractivity (Wildman–Crippen MR) is 103 cm³/mol. The average molecular weight is 375 g/mol. The Labute approximate surface area is 160 Å². The van der Waals surface area contributed by atoms with E-state index < -0.39 is 5.60 Å². The van der Waals surface area contributed by atoms with Crippen LogP contribution in [-0.4, -0.2) is 86.3 Å². The molecule has 2 aliphatic rings. The molecule has 2 heterocycles. The summed E-state index contributed by atoms with van der Waals surface area (Å²) in [7, 11) is 5.39. The number of piperidine rings is 2. The number of carbonyl (C=O) groups excluding carboxylic acids is 2. The molecule has 0 spiro atoms. The number of likely N-dealkylation sites (tertiary alicyclic amines) is 2. The number of rotatable bonds is 4. The minimum atomic E-state index is -0.799. The molecule has 2 fully saturated rings. The first-order valence-electron chi connectivity index (χ1n) is 9.40. The van der Waals surface area contributed by atoms with Gasteiger partial charge in [0.15, 0.2) is 0 Å². The molecular weight excluding hydrogens is 346 g/mol. The quantitative estimate of drug-likeness (QED) is 0.844. The van der Waals surface area contributed by atoms with E-state index in [2.05, 4.69) is 0 Å². The molecular formula is C20H29N3O4. The second-order valence-electron chi connectivity index (χ2n) is 7.77. The van der Waals surface area contributed by atoms with Gasteiger partial charge in [-0.05, 0) is 31.0 Å². The highest BCUT2D eigenvalue weighted by molar-refractivity contribution is 5.95. The predicted octanol–water partition coefficient (Wildman–Crippen LogP) is 0.825. The second kappa shape index (κ2) is 7.86. The molecule has 0 bridgehead atoms. The molecule has 0 aliphatic carbocycles. The number of anilines is 1. The highest BCUT2D eigenvalue weighted by Gasteiger charge is 2.46. The van der Waals surface area contributed by atoms with E-state index in [0.29, 0.717) is 44.6 Å². The fourth-order valence-electron chi connectivity index (χ4n) is 4.03. The monoisotopic (exact) mass is 375 g/mol. The lowest BCUT2D eigenvalue weighted by Crippen LogP contribution is -2.61. The van der Waals surface area contributed by atoms with Crippen LogP contribution in [0.1, 0.15) is 23.2 Å². The van der Waals surface area contributed by atoms with Gasteiger partial charge < -0.3 is 24.5 Å². The third-order valence-corrected chi connectivity index (χ3v) is 5.79. The fraction of sp³-hybridized carbons (Fsp3) is 0.600. The van der Waals surface area contributed by atoms with Crippen molar-refractivity contribution in [1.29, 1.82) is 0 Å². The van der Waals surface area contributed by atoms with Crippen molar-refractivity contribution < 1.29 is 19.4 Å². The Bertz CT molecular complexity index is 708. The van der Waals surface area contributed by atoms with Gasteiger partial charge >= 0.3 is 0 Å². The van der Waals surface area contributed by atoms with E-state index in [1.165, 1.54) is 7.11 Å². The molecule has 0 radical (unpaired) electrons. The maximum atomic E-state index is 13.0. The minimum Gasteiger partial charge on any atom is -0.389 e. The summed E-state index contributed by atoms with van der Waals surface area (Å²) in [6.45, 7) is 2.03. The number of nitrogens with zero attached hydrogens (tertiary/aromatic N) is 3. The molecule has 0 aromatic heterocycles. The maximum Gasteiger partial charge on any atom is 0.253 e. The van der Waals surface area contributed by atoms with Gasteiger partial charge in [0.05, 0.1) is 5.60 Å². The zero-order valence-corrected chi connectivity index (χ0v) is 16.4. The first-order valence-corrected chi connectivity index (χ1v) is 9.40. The van der Waals surface area contributed by atoms with Gasteiger partial charge in [-0.15, -0.1) is 0 Å². The van der Waals surface area contributed by atoms with Gasteiger partial charge in [-0.25, -0.2) is 0 Å². The zero-order chi connectivity index (χ0) is 19.6. The largest absolute Gasteiger partial charge is 0.389 e. The van der Waals surface area contributed by atoms with Gasteiger partial charge in [0, 0.05) is 64.6 Å². The van der Waals surface area contributed by atoms with Crippen molar-refractivity contribution >= 4 is 17.5 Å². The third kappa shape index (κ3) is 4.09. The van der Waals surface area contributed by atoms with Crippen LogP contribution >= 0.6 is 0 Å². The van der Waals surface area contributed by atoms with Gasteiger partial charge in [0.1, 0.15) is 6.61 Å². The van der Waals surface area contributed by atoms with Crippen LogP contribution in [-0.2, 0) is 9.53 Å². The maximum absolute atomic E-state index is 13.0. The van der Waals surface area contributed by atoms with E-state index in [1.807, 2.05) is 43.3 Å². The zero-order valence-electron chi connectivity index (χ0n) is 16.4. The van der Waals surface area contributed by atoms with E-state index in [4.69, 9.17) is 4.74 Å². The molecule has 3 rings (SSSR count). The van der Waals surface area contributed by atoms with Crippen LogP contribution in [0.2, 0.25) is 0 Å². The number of hydrogen-bond acceptors (Lipinski definition) is 5. The van der Waals surface area contributed by atoms with Crippen LogP contribution in [0.4, 0.5) is 5.69 Å². The van der Waals surface area contributed by atoms with Crippen LogP contribution in [0.5, 0.6) is 0 Å². The number of ether oxygens (including phenoxy) is 1. The molecule has 1 aromatic carbocycles. The lowest BCUT2D eigenvalue weighted by molar-refractivity contribution is -0.148. The van der Waals surface area contributed by atoms with E-state index in [-0.39, 0.29) is 24.3 Å². The summed E-state index contributed by atoms with van der Waals surface area (Å²) in [5.74, 6) is -0.232. The Morgan fingerprint density at radius 3 is 2.56 bits per heavy atom. The lowest BCUT2D eigenvalue weighted by Gasteiger charge is -2.50. The highest BCUT2D eigenvalue weighted by Crippen LogP contribution is 2.36. The van der Waals surface area contributed by atoms with E-state index >= 15 is 0 Å². The Morgan fingerprint density at radius 2 is 1.89 bits per heavy atom. The normalized spacial score (nSPS) is 25.1. The first-order chi connectivity index (χ1) is 12.8. The Balaban J connectivity index is 1.72. The van der Waals surface area contributed by atoms with Crippen molar-refractivity contribution in [3.8, 4) is 0 Å². The van der Waals surface area contributed by atoms with Crippen LogP contribution < -0.4 is 4.90 Å². The van der Waals surface area contributed by atoms with Crippen molar-refractivity contribution in [2.45, 2.75) is 18.4 Å². The highest BCUT2D eigenvalue weighted by atomic mass is 16.5. The molecule has 1 aromatic rings. The van der Waals surface area contributed by atoms with Gasteiger partial charge in [0.2, 0.25) is 5.91 Å². The van der Waals surface area contributed by atoms with Crippen LogP contribution in [0.15, 0.2) is 24.3 Å². The summed E-state index contributed by atoms with van der Waals surface area (Å²) in [4.78, 5) is 30.7. The molecule has 2 unspecified atom stereocenters. The molecule has 2 atom stereocenters. The van der Waals surface area contributed by atoms with Crippen molar-refractivity contribution in [2.75, 3.05) is 58.9 Å². The Morgan fingerprint density at radius 1 is 1.22 bits per heavy atom. The number of fused-ring (bicyclic) bond motifs is 1. The summed E-state index contributed by atoms with van der Waals surface area (Å²) >= 11 is 0. The van der Waals surface area contributed by atoms with Gasteiger partial charge in [0.25, 0.3) is 5.91 Å². The molecule has 7 nitrogen and oxygen atoms in total. The fourth-order valence-corrected chi connectivity index (χ4v) is 4.03. The molecule has 2 aliphatic heterocycles. The number of methoxy groups -OCH3 is 1. The van der Waals surface area contributed by atoms with Gasteiger partial charge in [-0.1, -0.05) is 6.07 Å². The number of hydrogen-bond donors (Lipinski definition) is 1. The molecule has 2 amide bonds. The van der Waals surface area contributed by atoms with Crippen molar-refractivity contribution in [2.24, 2.45) is 5.92 Å².